The van der Waals surface area contributed by atoms with Crippen LogP contribution >= 0.6 is 15.9 Å². The van der Waals surface area contributed by atoms with Crippen molar-refractivity contribution in [2.75, 3.05) is 13.2 Å². The van der Waals surface area contributed by atoms with Gasteiger partial charge in [-0.15, -0.1) is 0 Å². The lowest BCUT2D eigenvalue weighted by Gasteiger charge is -2.44. The Morgan fingerprint density at radius 2 is 2.14 bits per heavy atom. The van der Waals surface area contributed by atoms with Crippen molar-refractivity contribution in [2.45, 2.75) is 51.4 Å². The summed E-state index contributed by atoms with van der Waals surface area (Å²) in [5.74, 6) is 0.393. The average molecular weight is 360 g/mol. The van der Waals surface area contributed by atoms with E-state index in [2.05, 4.69) is 35.1 Å². The van der Waals surface area contributed by atoms with E-state index in [4.69, 9.17) is 9.47 Å². The molecule has 0 spiro atoms. The third kappa shape index (κ3) is 4.41. The van der Waals surface area contributed by atoms with Crippen LogP contribution in [-0.2, 0) is 4.74 Å². The van der Waals surface area contributed by atoms with E-state index in [0.717, 1.165) is 32.4 Å². The Balaban J connectivity index is 1.95. The molecule has 1 aromatic carbocycles. The number of halogens is 2. The minimum atomic E-state index is -0.274. The van der Waals surface area contributed by atoms with Crippen LogP contribution in [0.4, 0.5) is 4.39 Å². The molecule has 1 N–H and O–H groups in total. The molecule has 0 bridgehead atoms. The molecule has 0 aliphatic heterocycles. The standard InChI is InChI=1S/C16H23BrFNO2/c1-3-7-19-13-10-15(16(13)20-8-4-2)21-14-6-5-11(18)9-12(14)17/h5-6,9,13,15-16,19H,3-4,7-8,10H2,1-2H3. The van der Waals surface area contributed by atoms with E-state index in [-0.39, 0.29) is 18.0 Å². The maximum Gasteiger partial charge on any atom is 0.134 e. The largest absolute Gasteiger partial charge is 0.486 e. The van der Waals surface area contributed by atoms with Crippen LogP contribution < -0.4 is 10.1 Å². The summed E-state index contributed by atoms with van der Waals surface area (Å²) < 4.78 is 25.6. The van der Waals surface area contributed by atoms with Gasteiger partial charge >= 0.3 is 0 Å². The molecule has 0 amide bonds. The Kier molecular flexibility index (Phi) is 6.45. The van der Waals surface area contributed by atoms with Crippen molar-refractivity contribution in [3.8, 4) is 5.75 Å². The quantitative estimate of drug-likeness (QED) is 0.763. The fourth-order valence-electron chi connectivity index (χ4n) is 2.44. The molecule has 5 heteroatoms. The molecule has 0 heterocycles. The number of benzene rings is 1. The molecular weight excluding hydrogens is 337 g/mol. The van der Waals surface area contributed by atoms with Crippen LogP contribution in [-0.4, -0.2) is 31.4 Å². The number of rotatable bonds is 8. The lowest BCUT2D eigenvalue weighted by molar-refractivity contribution is -0.108. The molecule has 0 saturated heterocycles. The fraction of sp³-hybridized carbons (Fsp3) is 0.625. The molecular formula is C16H23BrFNO2. The van der Waals surface area contributed by atoms with Gasteiger partial charge in [-0.05, 0) is 53.5 Å². The Labute approximate surface area is 134 Å². The first-order valence-corrected chi connectivity index (χ1v) is 8.41. The van der Waals surface area contributed by atoms with E-state index in [9.17, 15) is 4.39 Å². The molecule has 118 valence electrons. The Hall–Kier alpha value is -0.650. The van der Waals surface area contributed by atoms with E-state index >= 15 is 0 Å². The molecule has 0 radical (unpaired) electrons. The van der Waals surface area contributed by atoms with Gasteiger partial charge in [0, 0.05) is 19.1 Å². The zero-order chi connectivity index (χ0) is 15.2. The molecule has 3 unspecified atom stereocenters. The summed E-state index contributed by atoms with van der Waals surface area (Å²) >= 11 is 3.34. The maximum atomic E-state index is 13.1. The van der Waals surface area contributed by atoms with Crippen LogP contribution in [0.3, 0.4) is 0 Å². The van der Waals surface area contributed by atoms with Crippen molar-refractivity contribution >= 4 is 15.9 Å². The normalized spacial score (nSPS) is 24.7. The van der Waals surface area contributed by atoms with Gasteiger partial charge in [0.15, 0.2) is 0 Å². The van der Waals surface area contributed by atoms with Gasteiger partial charge in [-0.2, -0.15) is 0 Å². The number of hydrogen-bond acceptors (Lipinski definition) is 3. The van der Waals surface area contributed by atoms with Crippen LogP contribution in [0.5, 0.6) is 5.75 Å². The van der Waals surface area contributed by atoms with Crippen molar-refractivity contribution in [3.05, 3.63) is 28.5 Å². The highest BCUT2D eigenvalue weighted by atomic mass is 79.9. The van der Waals surface area contributed by atoms with Crippen LogP contribution in [0.2, 0.25) is 0 Å². The van der Waals surface area contributed by atoms with Gasteiger partial charge in [0.05, 0.1) is 4.47 Å². The minimum Gasteiger partial charge on any atom is -0.486 e. The van der Waals surface area contributed by atoms with Crippen LogP contribution in [0.1, 0.15) is 33.1 Å². The third-order valence-corrected chi connectivity index (χ3v) is 4.21. The van der Waals surface area contributed by atoms with Crippen molar-refractivity contribution < 1.29 is 13.9 Å². The maximum absolute atomic E-state index is 13.1. The summed E-state index contributed by atoms with van der Waals surface area (Å²) in [4.78, 5) is 0. The first kappa shape index (κ1) is 16.7. The predicted molar refractivity (Wildman–Crippen MR) is 85.2 cm³/mol. The summed E-state index contributed by atoms with van der Waals surface area (Å²) in [5, 5.41) is 3.49. The SMILES string of the molecule is CCCNC1CC(Oc2ccc(F)cc2Br)C1OCCC. The zero-order valence-electron chi connectivity index (χ0n) is 12.6. The van der Waals surface area contributed by atoms with Gasteiger partial charge in [0.25, 0.3) is 0 Å². The first-order chi connectivity index (χ1) is 10.2. The molecule has 1 aliphatic rings. The second-order valence-corrected chi connectivity index (χ2v) is 6.22. The predicted octanol–water partition coefficient (Wildman–Crippen LogP) is 3.90. The summed E-state index contributed by atoms with van der Waals surface area (Å²) in [6.45, 7) is 5.97. The number of nitrogens with one attached hydrogen (secondary N) is 1. The van der Waals surface area contributed by atoms with Crippen molar-refractivity contribution in [2.24, 2.45) is 0 Å². The average Bonchev–Trinajstić information content (AvgIpc) is 2.44. The van der Waals surface area contributed by atoms with Gasteiger partial charge in [-0.25, -0.2) is 4.39 Å². The summed E-state index contributed by atoms with van der Waals surface area (Å²) in [6, 6.07) is 4.83. The Morgan fingerprint density at radius 3 is 2.81 bits per heavy atom. The molecule has 3 nitrogen and oxygen atoms in total. The summed E-state index contributed by atoms with van der Waals surface area (Å²) in [6.07, 6.45) is 3.09. The molecule has 2 rings (SSSR count). The van der Waals surface area contributed by atoms with Crippen molar-refractivity contribution in [1.29, 1.82) is 0 Å². The second-order valence-electron chi connectivity index (χ2n) is 5.36. The zero-order valence-corrected chi connectivity index (χ0v) is 14.2. The van der Waals surface area contributed by atoms with Crippen LogP contribution in [0.15, 0.2) is 22.7 Å². The smallest absolute Gasteiger partial charge is 0.134 e. The molecule has 0 aromatic heterocycles. The first-order valence-electron chi connectivity index (χ1n) is 7.62. The molecule has 1 fully saturated rings. The Bertz CT molecular complexity index is 458. The van der Waals surface area contributed by atoms with Gasteiger partial charge in [-0.1, -0.05) is 13.8 Å². The molecule has 1 saturated carbocycles. The highest BCUT2D eigenvalue weighted by molar-refractivity contribution is 9.10. The van der Waals surface area contributed by atoms with E-state index in [1.807, 2.05) is 0 Å². The Morgan fingerprint density at radius 1 is 1.33 bits per heavy atom. The van der Waals surface area contributed by atoms with E-state index < -0.39 is 0 Å². The lowest BCUT2D eigenvalue weighted by atomic mass is 9.85. The monoisotopic (exact) mass is 359 g/mol. The van der Waals surface area contributed by atoms with E-state index in [1.165, 1.54) is 12.1 Å². The van der Waals surface area contributed by atoms with Crippen molar-refractivity contribution in [3.63, 3.8) is 0 Å². The molecule has 1 aliphatic carbocycles. The summed E-state index contributed by atoms with van der Waals surface area (Å²) in [7, 11) is 0. The van der Waals surface area contributed by atoms with Crippen LogP contribution in [0.25, 0.3) is 0 Å². The molecule has 3 atom stereocenters. The number of hydrogen-bond donors (Lipinski definition) is 1. The highest BCUT2D eigenvalue weighted by Gasteiger charge is 2.43. The van der Waals surface area contributed by atoms with Gasteiger partial charge in [-0.3, -0.25) is 0 Å². The molecule has 1 aromatic rings. The lowest BCUT2D eigenvalue weighted by Crippen LogP contribution is -2.61. The topological polar surface area (TPSA) is 30.5 Å². The second kappa shape index (κ2) is 8.11. The minimum absolute atomic E-state index is 0.0210. The third-order valence-electron chi connectivity index (χ3n) is 3.59. The summed E-state index contributed by atoms with van der Waals surface area (Å²) in [5.41, 5.74) is 0. The van der Waals surface area contributed by atoms with E-state index in [1.54, 1.807) is 6.07 Å². The fourth-order valence-corrected chi connectivity index (χ4v) is 2.88. The van der Waals surface area contributed by atoms with Crippen LogP contribution in [0, 0.1) is 5.82 Å². The highest BCUT2D eigenvalue weighted by Crippen LogP contribution is 2.33. The van der Waals surface area contributed by atoms with Gasteiger partial charge in [0.1, 0.15) is 23.8 Å². The van der Waals surface area contributed by atoms with Gasteiger partial charge < -0.3 is 14.8 Å². The molecule has 21 heavy (non-hydrogen) atoms. The van der Waals surface area contributed by atoms with Crippen molar-refractivity contribution in [1.82, 2.24) is 5.32 Å². The van der Waals surface area contributed by atoms with Gasteiger partial charge in [0.2, 0.25) is 0 Å². The van der Waals surface area contributed by atoms with E-state index in [0.29, 0.717) is 16.3 Å². The number of ether oxygens (including phenoxy) is 2.